The summed E-state index contributed by atoms with van der Waals surface area (Å²) in [5.41, 5.74) is 0.409. The van der Waals surface area contributed by atoms with E-state index >= 15 is 0 Å². The lowest BCUT2D eigenvalue weighted by Gasteiger charge is -2.35. The molecule has 28 heavy (non-hydrogen) atoms. The smallest absolute Gasteiger partial charge is 0.426 e. The summed E-state index contributed by atoms with van der Waals surface area (Å²) in [5.74, 6) is -1.67. The van der Waals surface area contributed by atoms with Crippen LogP contribution < -0.4 is 5.73 Å². The van der Waals surface area contributed by atoms with Crippen molar-refractivity contribution in [2.24, 2.45) is 23.5 Å². The molecule has 2 fully saturated rings. The molecule has 0 amide bonds. The quantitative estimate of drug-likeness (QED) is 0.391. The molecule has 5 atom stereocenters. The minimum absolute atomic E-state index is 0.219. The lowest BCUT2D eigenvalue weighted by molar-refractivity contribution is -0.370. The molecule has 2 bridgehead atoms. The summed E-state index contributed by atoms with van der Waals surface area (Å²) in [6, 6.07) is 0. The SMILES string of the molecule is C=C1C2CC(CC2CCC(O)(C(F)(F)F)C(F)(F)F)C1OC(=O)C(C)(N)CC. The summed E-state index contributed by atoms with van der Waals surface area (Å²) in [5, 5.41) is 9.31. The van der Waals surface area contributed by atoms with Crippen molar-refractivity contribution in [2.45, 2.75) is 75.5 Å². The summed E-state index contributed by atoms with van der Waals surface area (Å²) in [6.45, 7) is 7.08. The molecule has 0 saturated heterocycles. The van der Waals surface area contributed by atoms with Crippen molar-refractivity contribution in [3.8, 4) is 0 Å². The van der Waals surface area contributed by atoms with Crippen LogP contribution in [0.25, 0.3) is 0 Å². The van der Waals surface area contributed by atoms with Gasteiger partial charge in [0, 0.05) is 5.92 Å². The molecule has 0 aromatic carbocycles. The van der Waals surface area contributed by atoms with Crippen LogP contribution in [0.1, 0.15) is 46.0 Å². The van der Waals surface area contributed by atoms with E-state index in [0.29, 0.717) is 24.8 Å². The van der Waals surface area contributed by atoms with Crippen molar-refractivity contribution in [1.82, 2.24) is 0 Å². The number of ether oxygens (including phenoxy) is 1. The maximum atomic E-state index is 12.8. The molecular weight excluding hydrogens is 392 g/mol. The summed E-state index contributed by atoms with van der Waals surface area (Å²) in [4.78, 5) is 12.2. The molecule has 0 radical (unpaired) electrons. The molecule has 0 aromatic rings. The number of carbonyl (C=O) groups is 1. The summed E-state index contributed by atoms with van der Waals surface area (Å²) < 4.78 is 82.4. The molecule has 0 heterocycles. The van der Waals surface area contributed by atoms with Crippen molar-refractivity contribution in [3.05, 3.63) is 12.2 Å². The third-order valence-corrected chi connectivity index (χ3v) is 6.25. The largest absolute Gasteiger partial charge is 0.456 e. The highest BCUT2D eigenvalue weighted by Gasteiger charge is 2.70. The number of alkyl halides is 6. The number of halogens is 6. The molecule has 2 saturated carbocycles. The van der Waals surface area contributed by atoms with Crippen molar-refractivity contribution in [1.29, 1.82) is 0 Å². The minimum atomic E-state index is -5.82. The number of rotatable bonds is 6. The molecule has 2 rings (SSSR count). The molecule has 0 aliphatic heterocycles. The van der Waals surface area contributed by atoms with Crippen LogP contribution >= 0.6 is 0 Å². The Morgan fingerprint density at radius 3 is 2.18 bits per heavy atom. The van der Waals surface area contributed by atoms with E-state index in [4.69, 9.17) is 10.5 Å². The third-order valence-electron chi connectivity index (χ3n) is 6.25. The van der Waals surface area contributed by atoms with Gasteiger partial charge in [0.2, 0.25) is 0 Å². The zero-order valence-electron chi connectivity index (χ0n) is 15.7. The van der Waals surface area contributed by atoms with E-state index in [-0.39, 0.29) is 11.8 Å². The van der Waals surface area contributed by atoms with Crippen LogP contribution in [0.3, 0.4) is 0 Å². The van der Waals surface area contributed by atoms with Gasteiger partial charge in [0.15, 0.2) is 0 Å². The van der Waals surface area contributed by atoms with Gasteiger partial charge >= 0.3 is 18.3 Å². The molecule has 2 aliphatic rings. The predicted octanol–water partition coefficient (Wildman–Crippen LogP) is 3.87. The molecule has 4 nitrogen and oxygen atoms in total. The maximum absolute atomic E-state index is 12.8. The number of nitrogens with two attached hydrogens (primary N) is 1. The molecule has 3 N–H and O–H groups in total. The summed E-state index contributed by atoms with van der Waals surface area (Å²) in [7, 11) is 0. The van der Waals surface area contributed by atoms with E-state index < -0.39 is 54.3 Å². The van der Waals surface area contributed by atoms with E-state index in [1.807, 2.05) is 0 Å². The van der Waals surface area contributed by atoms with Crippen molar-refractivity contribution >= 4 is 5.97 Å². The molecule has 10 heteroatoms. The van der Waals surface area contributed by atoms with Gasteiger partial charge in [-0.25, -0.2) is 0 Å². The Kier molecular flexibility index (Phi) is 5.91. The van der Waals surface area contributed by atoms with Gasteiger partial charge in [-0.1, -0.05) is 13.5 Å². The second-order valence-corrected chi connectivity index (χ2v) is 8.16. The van der Waals surface area contributed by atoms with E-state index in [1.165, 1.54) is 6.92 Å². The van der Waals surface area contributed by atoms with Crippen molar-refractivity contribution in [2.75, 3.05) is 0 Å². The third kappa shape index (κ3) is 3.90. The minimum Gasteiger partial charge on any atom is -0.456 e. The highest BCUT2D eigenvalue weighted by atomic mass is 19.4. The normalized spacial score (nSPS) is 30.4. The summed E-state index contributed by atoms with van der Waals surface area (Å²) >= 11 is 0. The number of hydrogen-bond acceptors (Lipinski definition) is 4. The topological polar surface area (TPSA) is 72.5 Å². The fraction of sp³-hybridized carbons (Fsp3) is 0.833. The van der Waals surface area contributed by atoms with Crippen LogP contribution in [-0.2, 0) is 9.53 Å². The standard InChI is InChI=1S/C18H25F6NO3/c1-4-15(3,25)14(26)28-13-9(2)12-8-11(13)7-10(12)5-6-16(27,17(19,20)21)18(22,23)24/h10-13,27H,2,4-8,25H2,1,3H3. The van der Waals surface area contributed by atoms with E-state index in [1.54, 1.807) is 6.92 Å². The van der Waals surface area contributed by atoms with Gasteiger partial charge in [0.1, 0.15) is 11.6 Å². The molecule has 2 aliphatic carbocycles. The van der Waals surface area contributed by atoms with Gasteiger partial charge in [-0.3, -0.25) is 4.79 Å². The van der Waals surface area contributed by atoms with Gasteiger partial charge in [0.05, 0.1) is 0 Å². The second kappa shape index (κ2) is 7.19. The molecule has 0 spiro atoms. The predicted molar refractivity (Wildman–Crippen MR) is 87.9 cm³/mol. The number of carbonyl (C=O) groups excluding carboxylic acids is 1. The van der Waals surface area contributed by atoms with E-state index in [9.17, 15) is 36.2 Å². The van der Waals surface area contributed by atoms with Crippen molar-refractivity contribution in [3.63, 3.8) is 0 Å². The Labute approximate surface area is 159 Å². The van der Waals surface area contributed by atoms with Crippen molar-refractivity contribution < 1.29 is 41.0 Å². The van der Waals surface area contributed by atoms with Crippen LogP contribution in [0, 0.1) is 17.8 Å². The first kappa shape index (κ1) is 23.0. The first-order chi connectivity index (χ1) is 12.5. The lowest BCUT2D eigenvalue weighted by Crippen LogP contribution is -2.57. The van der Waals surface area contributed by atoms with Gasteiger partial charge in [0.25, 0.3) is 5.60 Å². The average molecular weight is 417 g/mol. The van der Waals surface area contributed by atoms with Gasteiger partial charge < -0.3 is 15.6 Å². The van der Waals surface area contributed by atoms with E-state index in [2.05, 4.69) is 6.58 Å². The fourth-order valence-electron chi connectivity index (χ4n) is 4.11. The fourth-order valence-corrected chi connectivity index (χ4v) is 4.11. The molecular formula is C18H25F6NO3. The van der Waals surface area contributed by atoms with Gasteiger partial charge in [-0.2, -0.15) is 26.3 Å². The number of hydrogen-bond donors (Lipinski definition) is 2. The maximum Gasteiger partial charge on any atom is 0.426 e. The zero-order valence-corrected chi connectivity index (χ0v) is 15.7. The summed E-state index contributed by atoms with van der Waals surface area (Å²) in [6.07, 6.45) is -13.1. The molecule has 162 valence electrons. The monoisotopic (exact) mass is 417 g/mol. The van der Waals surface area contributed by atoms with Crippen LogP contribution in [0.5, 0.6) is 0 Å². The molecule has 0 aromatic heterocycles. The first-order valence-corrected chi connectivity index (χ1v) is 9.09. The Morgan fingerprint density at radius 1 is 1.21 bits per heavy atom. The van der Waals surface area contributed by atoms with Gasteiger partial charge in [-0.15, -0.1) is 0 Å². The van der Waals surface area contributed by atoms with Crippen LogP contribution in [0.4, 0.5) is 26.3 Å². The van der Waals surface area contributed by atoms with Crippen LogP contribution in [0.15, 0.2) is 12.2 Å². The number of fused-ring (bicyclic) bond motifs is 2. The second-order valence-electron chi connectivity index (χ2n) is 8.16. The Hall–Kier alpha value is -1.29. The lowest BCUT2D eigenvalue weighted by atomic mass is 9.79. The Morgan fingerprint density at radius 2 is 1.75 bits per heavy atom. The van der Waals surface area contributed by atoms with Crippen LogP contribution in [0.2, 0.25) is 0 Å². The highest BCUT2D eigenvalue weighted by Crippen LogP contribution is 2.55. The highest BCUT2D eigenvalue weighted by molar-refractivity contribution is 5.80. The number of esters is 1. The molecule has 5 unspecified atom stereocenters. The Bertz CT molecular complexity index is 614. The Balaban J connectivity index is 2.03. The average Bonchev–Trinajstić information content (AvgIpc) is 3.09. The number of aliphatic hydroxyl groups is 1. The van der Waals surface area contributed by atoms with Crippen LogP contribution in [-0.4, -0.2) is 40.7 Å². The van der Waals surface area contributed by atoms with Gasteiger partial charge in [-0.05, 0) is 56.4 Å². The van der Waals surface area contributed by atoms with E-state index in [0.717, 1.165) is 0 Å². The first-order valence-electron chi connectivity index (χ1n) is 9.09. The zero-order chi connectivity index (χ0) is 21.7.